The molecule has 0 aliphatic heterocycles. The summed E-state index contributed by atoms with van der Waals surface area (Å²) in [6, 6.07) is 24.0. The lowest BCUT2D eigenvalue weighted by molar-refractivity contribution is -0.118. The van der Waals surface area contributed by atoms with Crippen molar-refractivity contribution in [3.8, 4) is 5.75 Å². The summed E-state index contributed by atoms with van der Waals surface area (Å²) in [6.45, 7) is 5.11. The molecule has 4 nitrogen and oxygen atoms in total. The first-order valence-corrected chi connectivity index (χ1v) is 10.9. The minimum atomic E-state index is 0.0357. The number of hydrogen-bond donors (Lipinski definition) is 0. The van der Waals surface area contributed by atoms with Gasteiger partial charge in [0.15, 0.2) is 5.13 Å². The molecule has 0 aliphatic rings. The zero-order chi connectivity index (χ0) is 20.9. The lowest BCUT2D eigenvalue weighted by atomic mass is 10.1. The van der Waals surface area contributed by atoms with Gasteiger partial charge in [0.1, 0.15) is 5.75 Å². The molecule has 0 N–H and O–H groups in total. The second kappa shape index (κ2) is 9.09. The van der Waals surface area contributed by atoms with E-state index in [1.807, 2.05) is 80.6 Å². The van der Waals surface area contributed by atoms with E-state index in [4.69, 9.17) is 9.72 Å². The van der Waals surface area contributed by atoms with Crippen LogP contribution in [0, 0.1) is 6.92 Å². The van der Waals surface area contributed by atoms with E-state index in [0.717, 1.165) is 32.7 Å². The van der Waals surface area contributed by atoms with Gasteiger partial charge in [0.05, 0.1) is 29.8 Å². The van der Waals surface area contributed by atoms with Crippen LogP contribution in [0.1, 0.15) is 23.6 Å². The maximum atomic E-state index is 13.3. The van der Waals surface area contributed by atoms with Crippen molar-refractivity contribution in [3.63, 3.8) is 0 Å². The Morgan fingerprint density at radius 1 is 1.00 bits per heavy atom. The summed E-state index contributed by atoms with van der Waals surface area (Å²) in [5, 5.41) is 0.708. The first-order valence-electron chi connectivity index (χ1n) is 10.1. The minimum absolute atomic E-state index is 0.0357. The number of aryl methyl sites for hydroxylation is 1. The molecule has 1 heterocycles. The lowest BCUT2D eigenvalue weighted by Crippen LogP contribution is -2.31. The molecule has 152 valence electrons. The van der Waals surface area contributed by atoms with Crippen LogP contribution in [-0.4, -0.2) is 17.5 Å². The second-order valence-electron chi connectivity index (χ2n) is 7.19. The van der Waals surface area contributed by atoms with Crippen LogP contribution in [0.4, 0.5) is 5.13 Å². The van der Waals surface area contributed by atoms with Crippen molar-refractivity contribution in [3.05, 3.63) is 89.5 Å². The molecule has 1 aromatic heterocycles. The molecule has 0 radical (unpaired) electrons. The van der Waals surface area contributed by atoms with Crippen LogP contribution in [-0.2, 0) is 17.8 Å². The summed E-state index contributed by atoms with van der Waals surface area (Å²) >= 11 is 1.52. The van der Waals surface area contributed by atoms with E-state index in [1.54, 1.807) is 4.90 Å². The zero-order valence-electron chi connectivity index (χ0n) is 17.2. The SMILES string of the molecule is CCOc1ccc2nc(N(Cc3ccccc3)C(=O)Cc3cccc(C)c3)sc2c1. The Bertz CT molecular complexity index is 1150. The normalized spacial score (nSPS) is 10.9. The zero-order valence-corrected chi connectivity index (χ0v) is 18.0. The highest BCUT2D eigenvalue weighted by atomic mass is 32.1. The van der Waals surface area contributed by atoms with E-state index in [1.165, 1.54) is 11.3 Å². The Morgan fingerprint density at radius 2 is 1.80 bits per heavy atom. The van der Waals surface area contributed by atoms with E-state index in [0.29, 0.717) is 24.7 Å². The molecule has 5 heteroatoms. The van der Waals surface area contributed by atoms with Gasteiger partial charge in [0.25, 0.3) is 0 Å². The van der Waals surface area contributed by atoms with Crippen molar-refractivity contribution in [2.75, 3.05) is 11.5 Å². The van der Waals surface area contributed by atoms with Gasteiger partial charge < -0.3 is 4.74 Å². The van der Waals surface area contributed by atoms with Crippen LogP contribution in [0.25, 0.3) is 10.2 Å². The van der Waals surface area contributed by atoms with Gasteiger partial charge in [-0.3, -0.25) is 9.69 Å². The topological polar surface area (TPSA) is 42.4 Å². The third-order valence-corrected chi connectivity index (χ3v) is 5.85. The number of rotatable bonds is 7. The number of nitrogens with zero attached hydrogens (tertiary/aromatic N) is 2. The van der Waals surface area contributed by atoms with Gasteiger partial charge in [0, 0.05) is 0 Å². The van der Waals surface area contributed by atoms with Crippen LogP contribution in [0.5, 0.6) is 5.75 Å². The van der Waals surface area contributed by atoms with Gasteiger partial charge in [0.2, 0.25) is 5.91 Å². The van der Waals surface area contributed by atoms with E-state index in [-0.39, 0.29) is 5.91 Å². The average molecular weight is 417 g/mol. The van der Waals surface area contributed by atoms with Crippen LogP contribution >= 0.6 is 11.3 Å². The van der Waals surface area contributed by atoms with Crippen molar-refractivity contribution in [1.29, 1.82) is 0 Å². The average Bonchev–Trinajstić information content (AvgIpc) is 3.16. The molecule has 0 bridgehead atoms. The largest absolute Gasteiger partial charge is 0.494 e. The molecular formula is C25H24N2O2S. The molecule has 30 heavy (non-hydrogen) atoms. The number of benzene rings is 3. The second-order valence-corrected chi connectivity index (χ2v) is 8.20. The molecule has 0 fully saturated rings. The fraction of sp³-hybridized carbons (Fsp3) is 0.200. The molecule has 0 spiro atoms. The van der Waals surface area contributed by atoms with Crippen molar-refractivity contribution in [2.45, 2.75) is 26.8 Å². The minimum Gasteiger partial charge on any atom is -0.494 e. The molecular weight excluding hydrogens is 392 g/mol. The molecule has 4 aromatic rings. The van der Waals surface area contributed by atoms with Crippen LogP contribution in [0.2, 0.25) is 0 Å². The summed E-state index contributed by atoms with van der Waals surface area (Å²) < 4.78 is 6.63. The summed E-state index contributed by atoms with van der Waals surface area (Å²) in [5.41, 5.74) is 4.11. The first kappa shape index (κ1) is 20.1. The lowest BCUT2D eigenvalue weighted by Gasteiger charge is -2.20. The van der Waals surface area contributed by atoms with Gasteiger partial charge in [-0.05, 0) is 43.2 Å². The Morgan fingerprint density at radius 3 is 2.57 bits per heavy atom. The summed E-state index contributed by atoms with van der Waals surface area (Å²) in [6.07, 6.45) is 0.342. The quantitative estimate of drug-likeness (QED) is 0.383. The van der Waals surface area contributed by atoms with Gasteiger partial charge in [-0.15, -0.1) is 0 Å². The van der Waals surface area contributed by atoms with Gasteiger partial charge in [-0.1, -0.05) is 71.5 Å². The fourth-order valence-electron chi connectivity index (χ4n) is 3.39. The highest BCUT2D eigenvalue weighted by Gasteiger charge is 2.21. The Balaban J connectivity index is 1.67. The van der Waals surface area contributed by atoms with Crippen LogP contribution in [0.15, 0.2) is 72.8 Å². The van der Waals surface area contributed by atoms with E-state index in [9.17, 15) is 4.79 Å². The number of hydrogen-bond acceptors (Lipinski definition) is 4. The third kappa shape index (κ3) is 4.69. The van der Waals surface area contributed by atoms with Crippen molar-refractivity contribution in [1.82, 2.24) is 4.98 Å². The van der Waals surface area contributed by atoms with Crippen molar-refractivity contribution >= 4 is 32.6 Å². The Kier molecular flexibility index (Phi) is 6.10. The highest BCUT2D eigenvalue weighted by Crippen LogP contribution is 2.32. The predicted octanol–water partition coefficient (Wildman–Crippen LogP) is 5.78. The molecule has 0 aliphatic carbocycles. The molecule has 0 unspecified atom stereocenters. The summed E-state index contributed by atoms with van der Waals surface area (Å²) in [4.78, 5) is 19.9. The predicted molar refractivity (Wildman–Crippen MR) is 123 cm³/mol. The molecule has 0 saturated carbocycles. The number of amides is 1. The fourth-order valence-corrected chi connectivity index (χ4v) is 4.40. The van der Waals surface area contributed by atoms with E-state index >= 15 is 0 Å². The van der Waals surface area contributed by atoms with Crippen molar-refractivity contribution < 1.29 is 9.53 Å². The van der Waals surface area contributed by atoms with Gasteiger partial charge in [-0.25, -0.2) is 4.98 Å². The standard InChI is InChI=1S/C25H24N2O2S/c1-3-29-21-12-13-22-23(16-21)30-25(26-22)27(17-19-9-5-4-6-10-19)24(28)15-20-11-7-8-18(2)14-20/h4-14,16H,3,15,17H2,1-2H3. The number of anilines is 1. The monoisotopic (exact) mass is 416 g/mol. The van der Waals surface area contributed by atoms with Gasteiger partial charge in [-0.2, -0.15) is 0 Å². The number of ether oxygens (including phenoxy) is 1. The van der Waals surface area contributed by atoms with Crippen molar-refractivity contribution in [2.24, 2.45) is 0 Å². The molecule has 1 amide bonds. The van der Waals surface area contributed by atoms with E-state index in [2.05, 4.69) is 6.07 Å². The molecule has 3 aromatic carbocycles. The maximum Gasteiger partial charge on any atom is 0.233 e. The number of fused-ring (bicyclic) bond motifs is 1. The molecule has 0 atom stereocenters. The maximum absolute atomic E-state index is 13.3. The molecule has 4 rings (SSSR count). The highest BCUT2D eigenvalue weighted by molar-refractivity contribution is 7.22. The summed E-state index contributed by atoms with van der Waals surface area (Å²) in [5.74, 6) is 0.856. The van der Waals surface area contributed by atoms with Crippen LogP contribution < -0.4 is 9.64 Å². The first-order chi connectivity index (χ1) is 14.6. The van der Waals surface area contributed by atoms with Gasteiger partial charge >= 0.3 is 0 Å². The number of thiazole rings is 1. The number of aromatic nitrogens is 1. The Labute approximate surface area is 180 Å². The Hall–Kier alpha value is -3.18. The third-order valence-electron chi connectivity index (χ3n) is 4.81. The summed E-state index contributed by atoms with van der Waals surface area (Å²) in [7, 11) is 0. The number of carbonyl (C=O) groups is 1. The van der Waals surface area contributed by atoms with Crippen LogP contribution in [0.3, 0.4) is 0 Å². The number of carbonyl (C=O) groups excluding carboxylic acids is 1. The van der Waals surface area contributed by atoms with E-state index < -0.39 is 0 Å². The smallest absolute Gasteiger partial charge is 0.233 e. The molecule has 0 saturated heterocycles.